The number of piperidine rings is 1. The zero-order chi connectivity index (χ0) is 12.2. The van der Waals surface area contributed by atoms with Gasteiger partial charge in [0.1, 0.15) is 6.04 Å². The molecule has 1 atom stereocenters. The van der Waals surface area contributed by atoms with E-state index in [-0.39, 0.29) is 29.9 Å². The zero-order valence-corrected chi connectivity index (χ0v) is 10.2. The van der Waals surface area contributed by atoms with Gasteiger partial charge in [-0.3, -0.25) is 9.59 Å². The maximum absolute atomic E-state index is 11.5. The Morgan fingerprint density at radius 3 is 2.75 bits per heavy atom. The third-order valence-electron chi connectivity index (χ3n) is 2.40. The van der Waals surface area contributed by atoms with Gasteiger partial charge in [0.2, 0.25) is 11.8 Å². The Balaban J connectivity index is 2.30. The van der Waals surface area contributed by atoms with Crippen molar-refractivity contribution in [1.82, 2.24) is 16.0 Å². The fourth-order valence-electron chi connectivity index (χ4n) is 1.50. The Morgan fingerprint density at radius 1 is 1.50 bits per heavy atom. The van der Waals surface area contributed by atoms with Crippen LogP contribution in [-0.2, 0) is 9.59 Å². The van der Waals surface area contributed by atoms with Crippen LogP contribution in [-0.4, -0.2) is 36.5 Å². The predicted octanol–water partition coefficient (Wildman–Crippen LogP) is -0.231. The highest BCUT2D eigenvalue weighted by Gasteiger charge is 2.23. The molecule has 0 spiro atoms. The number of nitrogens with one attached hydrogen (secondary N) is 3. The Bertz CT molecular complexity index is 271. The number of amides is 2. The average Bonchev–Trinajstić information content (AvgIpc) is 2.18. The van der Waals surface area contributed by atoms with Gasteiger partial charge >= 0.3 is 0 Å². The van der Waals surface area contributed by atoms with E-state index in [1.807, 2.05) is 20.8 Å². The summed E-state index contributed by atoms with van der Waals surface area (Å²) in [5, 5.41) is 8.55. The monoisotopic (exact) mass is 227 g/mol. The molecule has 1 rings (SSSR count). The highest BCUT2D eigenvalue weighted by Crippen LogP contribution is 2.02. The molecule has 1 saturated heterocycles. The normalized spacial score (nSPS) is 21.4. The average molecular weight is 227 g/mol. The van der Waals surface area contributed by atoms with Crippen molar-refractivity contribution in [1.29, 1.82) is 0 Å². The number of carbonyl (C=O) groups is 2. The van der Waals surface area contributed by atoms with Gasteiger partial charge in [-0.05, 0) is 33.6 Å². The van der Waals surface area contributed by atoms with Crippen LogP contribution < -0.4 is 16.0 Å². The molecule has 5 nitrogen and oxygen atoms in total. The van der Waals surface area contributed by atoms with Crippen molar-refractivity contribution in [2.45, 2.75) is 45.2 Å². The van der Waals surface area contributed by atoms with Crippen LogP contribution in [0.4, 0.5) is 0 Å². The molecule has 1 aliphatic rings. The van der Waals surface area contributed by atoms with E-state index in [1.165, 1.54) is 0 Å². The molecule has 1 aliphatic heterocycles. The first kappa shape index (κ1) is 13.0. The lowest BCUT2D eigenvalue weighted by Gasteiger charge is -2.24. The number of carbonyl (C=O) groups excluding carboxylic acids is 2. The lowest BCUT2D eigenvalue weighted by Crippen LogP contribution is -2.53. The molecule has 0 saturated carbocycles. The van der Waals surface area contributed by atoms with E-state index in [2.05, 4.69) is 16.0 Å². The van der Waals surface area contributed by atoms with Crippen LogP contribution >= 0.6 is 0 Å². The summed E-state index contributed by atoms with van der Waals surface area (Å²) in [4.78, 5) is 22.9. The van der Waals surface area contributed by atoms with E-state index in [4.69, 9.17) is 0 Å². The van der Waals surface area contributed by atoms with E-state index in [0.717, 1.165) is 12.8 Å². The van der Waals surface area contributed by atoms with Gasteiger partial charge < -0.3 is 16.0 Å². The van der Waals surface area contributed by atoms with Crippen molar-refractivity contribution in [2.24, 2.45) is 0 Å². The molecule has 5 heteroatoms. The molecular weight excluding hydrogens is 206 g/mol. The Morgan fingerprint density at radius 2 is 2.19 bits per heavy atom. The largest absolute Gasteiger partial charge is 0.354 e. The summed E-state index contributed by atoms with van der Waals surface area (Å²) >= 11 is 0. The number of rotatable bonds is 3. The van der Waals surface area contributed by atoms with Gasteiger partial charge in [-0.25, -0.2) is 0 Å². The Labute approximate surface area is 96.4 Å². The van der Waals surface area contributed by atoms with E-state index < -0.39 is 0 Å². The van der Waals surface area contributed by atoms with Crippen molar-refractivity contribution < 1.29 is 9.59 Å². The van der Waals surface area contributed by atoms with E-state index in [1.54, 1.807) is 0 Å². The molecule has 16 heavy (non-hydrogen) atoms. The lowest BCUT2D eigenvalue weighted by molar-refractivity contribution is -0.129. The minimum atomic E-state index is -0.358. The number of hydrogen-bond donors (Lipinski definition) is 3. The first-order valence-electron chi connectivity index (χ1n) is 5.70. The van der Waals surface area contributed by atoms with Gasteiger partial charge in [-0.2, -0.15) is 0 Å². The molecule has 1 unspecified atom stereocenters. The van der Waals surface area contributed by atoms with Crippen molar-refractivity contribution in [3.05, 3.63) is 0 Å². The molecule has 1 heterocycles. The van der Waals surface area contributed by atoms with Gasteiger partial charge in [0.05, 0.1) is 6.54 Å². The SMILES string of the molecule is CC(C)(C)NCC(=O)NC1CCCNC1=O. The number of hydrogen-bond acceptors (Lipinski definition) is 3. The summed E-state index contributed by atoms with van der Waals surface area (Å²) in [6, 6.07) is -0.358. The van der Waals surface area contributed by atoms with Gasteiger partial charge in [0.15, 0.2) is 0 Å². The Hall–Kier alpha value is -1.10. The van der Waals surface area contributed by atoms with Crippen molar-refractivity contribution in [2.75, 3.05) is 13.1 Å². The molecule has 3 N–H and O–H groups in total. The second-order valence-corrected chi connectivity index (χ2v) is 5.16. The summed E-state index contributed by atoms with van der Waals surface area (Å²) in [6.45, 7) is 6.94. The smallest absolute Gasteiger partial charge is 0.242 e. The molecule has 0 aromatic heterocycles. The van der Waals surface area contributed by atoms with Crippen LogP contribution in [0, 0.1) is 0 Å². The highest BCUT2D eigenvalue weighted by atomic mass is 16.2. The molecule has 0 bridgehead atoms. The predicted molar refractivity (Wildman–Crippen MR) is 61.9 cm³/mol. The molecule has 2 amide bonds. The van der Waals surface area contributed by atoms with Crippen LogP contribution in [0.3, 0.4) is 0 Å². The fraction of sp³-hybridized carbons (Fsp3) is 0.818. The first-order chi connectivity index (χ1) is 7.38. The second-order valence-electron chi connectivity index (χ2n) is 5.16. The quantitative estimate of drug-likeness (QED) is 0.624. The maximum atomic E-state index is 11.5. The molecular formula is C11H21N3O2. The molecule has 0 aliphatic carbocycles. The minimum absolute atomic E-state index is 0.0737. The highest BCUT2D eigenvalue weighted by molar-refractivity contribution is 5.88. The second kappa shape index (κ2) is 5.30. The maximum Gasteiger partial charge on any atom is 0.242 e. The van der Waals surface area contributed by atoms with E-state index >= 15 is 0 Å². The fourth-order valence-corrected chi connectivity index (χ4v) is 1.50. The molecule has 0 aromatic rings. The van der Waals surface area contributed by atoms with Crippen LogP contribution in [0.25, 0.3) is 0 Å². The third-order valence-corrected chi connectivity index (χ3v) is 2.40. The van der Waals surface area contributed by atoms with Crippen molar-refractivity contribution in [3.8, 4) is 0 Å². The minimum Gasteiger partial charge on any atom is -0.354 e. The lowest BCUT2D eigenvalue weighted by atomic mass is 10.1. The molecule has 0 aromatic carbocycles. The summed E-state index contributed by atoms with van der Waals surface area (Å²) in [5.74, 6) is -0.202. The van der Waals surface area contributed by atoms with E-state index in [0.29, 0.717) is 6.54 Å². The van der Waals surface area contributed by atoms with Crippen molar-refractivity contribution >= 4 is 11.8 Å². The van der Waals surface area contributed by atoms with Crippen LogP contribution in [0.1, 0.15) is 33.6 Å². The van der Waals surface area contributed by atoms with Crippen LogP contribution in [0.2, 0.25) is 0 Å². The third kappa shape index (κ3) is 4.61. The van der Waals surface area contributed by atoms with Crippen molar-refractivity contribution in [3.63, 3.8) is 0 Å². The summed E-state index contributed by atoms with van der Waals surface area (Å²) < 4.78 is 0. The summed E-state index contributed by atoms with van der Waals surface area (Å²) in [7, 11) is 0. The molecule has 92 valence electrons. The van der Waals surface area contributed by atoms with Gasteiger partial charge in [0, 0.05) is 12.1 Å². The summed E-state index contributed by atoms with van der Waals surface area (Å²) in [6.07, 6.45) is 1.65. The topological polar surface area (TPSA) is 70.2 Å². The van der Waals surface area contributed by atoms with Gasteiger partial charge in [-0.1, -0.05) is 0 Å². The first-order valence-corrected chi connectivity index (χ1v) is 5.70. The van der Waals surface area contributed by atoms with Crippen LogP contribution in [0.15, 0.2) is 0 Å². The molecule has 0 radical (unpaired) electrons. The van der Waals surface area contributed by atoms with E-state index in [9.17, 15) is 9.59 Å². The summed E-state index contributed by atoms with van der Waals surface area (Å²) in [5.41, 5.74) is -0.0911. The molecule has 1 fully saturated rings. The standard InChI is InChI=1S/C11H21N3O2/c1-11(2,3)13-7-9(15)14-8-5-4-6-12-10(8)16/h8,13H,4-7H2,1-3H3,(H,12,16)(H,14,15). The Kier molecular flexibility index (Phi) is 4.29. The zero-order valence-electron chi connectivity index (χ0n) is 10.2. The van der Waals surface area contributed by atoms with Gasteiger partial charge in [-0.15, -0.1) is 0 Å². The van der Waals surface area contributed by atoms with Gasteiger partial charge in [0.25, 0.3) is 0 Å². The van der Waals surface area contributed by atoms with Crippen LogP contribution in [0.5, 0.6) is 0 Å².